The Morgan fingerprint density at radius 2 is 1.79 bits per heavy atom. The van der Waals surface area contributed by atoms with Crippen molar-refractivity contribution in [2.45, 2.75) is 51.0 Å². The summed E-state index contributed by atoms with van der Waals surface area (Å²) in [6.07, 6.45) is 3.36. The number of nitrogens with one attached hydrogen (secondary N) is 1. The molecule has 3 fully saturated rings. The lowest BCUT2D eigenvalue weighted by Gasteiger charge is -2.60. The van der Waals surface area contributed by atoms with Crippen LogP contribution in [-0.4, -0.2) is 26.9 Å². The van der Waals surface area contributed by atoms with Gasteiger partial charge < -0.3 is 5.32 Å². The lowest BCUT2D eigenvalue weighted by atomic mass is 9.45. The van der Waals surface area contributed by atoms with E-state index in [0.29, 0.717) is 23.4 Å². The number of sulfonamides is 1. The first-order valence-corrected chi connectivity index (χ1v) is 13.6. The first kappa shape index (κ1) is 25.3. The number of nitrogens with zero attached hydrogens (tertiary/aromatic N) is 1. The first-order chi connectivity index (χ1) is 15.9. The summed E-state index contributed by atoms with van der Waals surface area (Å²) in [6.45, 7) is 6.49. The maximum Gasteiger partial charge on any atom is 0.265 e. The average molecular weight is 527 g/mol. The van der Waals surface area contributed by atoms with Gasteiger partial charge in [-0.1, -0.05) is 37.0 Å². The van der Waals surface area contributed by atoms with Gasteiger partial charge in [-0.15, -0.1) is 0 Å². The number of hydrogen-bond donors (Lipinski definition) is 1. The van der Waals surface area contributed by atoms with E-state index in [-0.39, 0.29) is 21.0 Å². The van der Waals surface area contributed by atoms with Crippen molar-refractivity contribution in [1.29, 1.82) is 0 Å². The number of benzene rings is 2. The van der Waals surface area contributed by atoms with Crippen LogP contribution in [0.25, 0.3) is 0 Å². The molecule has 3 aliphatic carbocycles. The molecule has 3 aliphatic rings. The molecule has 5 rings (SSSR count). The van der Waals surface area contributed by atoms with Crippen LogP contribution in [0, 0.1) is 29.0 Å². The molecule has 184 valence electrons. The van der Waals surface area contributed by atoms with Crippen LogP contribution in [0.15, 0.2) is 47.4 Å². The van der Waals surface area contributed by atoms with Crippen molar-refractivity contribution in [2.75, 3.05) is 10.8 Å². The molecule has 9 heteroatoms. The number of carbonyl (C=O) groups excluding carboxylic acids is 1. The quantitative estimate of drug-likeness (QED) is 0.487. The highest BCUT2D eigenvalue weighted by Crippen LogP contribution is 2.61. The van der Waals surface area contributed by atoms with E-state index in [2.05, 4.69) is 19.2 Å². The van der Waals surface area contributed by atoms with E-state index in [4.69, 9.17) is 23.2 Å². The molecule has 1 N–H and O–H groups in total. The first-order valence-electron chi connectivity index (χ1n) is 11.5. The van der Waals surface area contributed by atoms with Crippen LogP contribution in [0.4, 0.5) is 10.1 Å². The van der Waals surface area contributed by atoms with Crippen molar-refractivity contribution >= 4 is 44.8 Å². The topological polar surface area (TPSA) is 66.5 Å². The fraction of sp³-hybridized carbons (Fsp3) is 0.480. The van der Waals surface area contributed by atoms with Gasteiger partial charge in [-0.3, -0.25) is 9.10 Å². The molecule has 1 amide bonds. The van der Waals surface area contributed by atoms with Gasteiger partial charge in [-0.2, -0.15) is 0 Å². The van der Waals surface area contributed by atoms with Crippen molar-refractivity contribution in [3.8, 4) is 0 Å². The predicted molar refractivity (Wildman–Crippen MR) is 133 cm³/mol. The summed E-state index contributed by atoms with van der Waals surface area (Å²) in [5.74, 6) is 0.350. The summed E-state index contributed by atoms with van der Waals surface area (Å²) < 4.78 is 42.8. The molecule has 5 nitrogen and oxygen atoms in total. The van der Waals surface area contributed by atoms with Gasteiger partial charge in [-0.25, -0.2) is 12.8 Å². The zero-order chi connectivity index (χ0) is 24.8. The monoisotopic (exact) mass is 526 g/mol. The summed E-state index contributed by atoms with van der Waals surface area (Å²) in [7, 11) is -4.30. The van der Waals surface area contributed by atoms with E-state index >= 15 is 0 Å². The molecule has 4 atom stereocenters. The maximum atomic E-state index is 14.9. The fourth-order valence-electron chi connectivity index (χ4n) is 5.61. The van der Waals surface area contributed by atoms with Gasteiger partial charge in [-0.05, 0) is 91.8 Å². The summed E-state index contributed by atoms with van der Waals surface area (Å²) in [6, 6.07) is 7.94. The zero-order valence-corrected chi connectivity index (χ0v) is 21.7. The van der Waals surface area contributed by atoms with E-state index in [1.807, 2.05) is 0 Å². The molecule has 2 aromatic rings. The average Bonchev–Trinajstić information content (AvgIpc) is 2.79. The number of amides is 1. The van der Waals surface area contributed by atoms with Crippen LogP contribution < -0.4 is 9.62 Å². The van der Waals surface area contributed by atoms with E-state index in [0.717, 1.165) is 29.1 Å². The Bertz CT molecular complexity index is 1190. The Morgan fingerprint density at radius 1 is 1.15 bits per heavy atom. The third kappa shape index (κ3) is 4.54. The Balaban J connectivity index is 1.61. The molecule has 0 aliphatic heterocycles. The van der Waals surface area contributed by atoms with Crippen LogP contribution in [0.3, 0.4) is 0 Å². The Labute approximate surface area is 210 Å². The SMILES string of the molecule is C[C@H](C(=O)NC[C@@H]1CC[C@H]2C[C@@H]1C2(C)C)N(c1cc(Cl)ccc1F)S(=O)(=O)c1ccc(Cl)cc1. The van der Waals surface area contributed by atoms with Crippen molar-refractivity contribution in [3.63, 3.8) is 0 Å². The maximum absolute atomic E-state index is 14.9. The second kappa shape index (κ2) is 9.32. The highest BCUT2D eigenvalue weighted by molar-refractivity contribution is 7.93. The van der Waals surface area contributed by atoms with E-state index < -0.39 is 27.8 Å². The van der Waals surface area contributed by atoms with Crippen LogP contribution in [0.5, 0.6) is 0 Å². The summed E-state index contributed by atoms with van der Waals surface area (Å²) in [5, 5.41) is 3.46. The molecule has 0 radical (unpaired) electrons. The molecule has 0 aromatic heterocycles. The predicted octanol–water partition coefficient (Wildman–Crippen LogP) is 5.90. The molecule has 3 saturated carbocycles. The number of anilines is 1. The van der Waals surface area contributed by atoms with E-state index in [9.17, 15) is 17.6 Å². The summed E-state index contributed by atoms with van der Waals surface area (Å²) in [5.41, 5.74) is -0.0154. The van der Waals surface area contributed by atoms with Crippen LogP contribution in [0.2, 0.25) is 10.0 Å². The molecular weight excluding hydrogens is 498 g/mol. The number of carbonyl (C=O) groups is 1. The van der Waals surface area contributed by atoms with Crippen molar-refractivity contribution in [2.24, 2.45) is 23.2 Å². The van der Waals surface area contributed by atoms with Crippen LogP contribution >= 0.6 is 23.2 Å². The largest absolute Gasteiger partial charge is 0.354 e. The molecule has 0 saturated heterocycles. The van der Waals surface area contributed by atoms with Crippen molar-refractivity contribution < 1.29 is 17.6 Å². The molecule has 0 heterocycles. The standard InChI is InChI=1S/C25H29Cl2FN2O3S/c1-15(24(31)29-14-16-4-5-17-12-21(16)25(17,2)3)30(23-13-19(27)8-11-22(23)28)34(32,33)20-9-6-18(26)7-10-20/h6-11,13,15-17,21H,4-5,12,14H2,1-3H3,(H,29,31)/t15-,16+,17+,21+/m1/s1. The van der Waals surface area contributed by atoms with Gasteiger partial charge in [0.1, 0.15) is 11.9 Å². The Kier molecular flexibility index (Phi) is 6.93. The van der Waals surface area contributed by atoms with Crippen LogP contribution in [0.1, 0.15) is 40.0 Å². The van der Waals surface area contributed by atoms with Crippen molar-refractivity contribution in [1.82, 2.24) is 5.32 Å². The normalized spacial score (nSPS) is 24.1. The Morgan fingerprint density at radius 3 is 2.41 bits per heavy atom. The van der Waals surface area contributed by atoms with E-state index in [1.54, 1.807) is 0 Å². The fourth-order valence-corrected chi connectivity index (χ4v) is 7.52. The highest BCUT2D eigenvalue weighted by Gasteiger charge is 2.54. The Hall–Kier alpha value is -1.83. The number of hydrogen-bond acceptors (Lipinski definition) is 3. The molecular formula is C25H29Cl2FN2O3S. The number of halogens is 3. The highest BCUT2D eigenvalue weighted by atomic mass is 35.5. The van der Waals surface area contributed by atoms with Gasteiger partial charge in [0, 0.05) is 16.6 Å². The van der Waals surface area contributed by atoms with Gasteiger partial charge in [0.05, 0.1) is 10.6 Å². The minimum atomic E-state index is -4.30. The van der Waals surface area contributed by atoms with Crippen molar-refractivity contribution in [3.05, 3.63) is 58.3 Å². The lowest BCUT2D eigenvalue weighted by molar-refractivity contribution is -0.125. The zero-order valence-electron chi connectivity index (χ0n) is 19.4. The van der Waals surface area contributed by atoms with Gasteiger partial charge >= 0.3 is 0 Å². The van der Waals surface area contributed by atoms with Gasteiger partial charge in [0.25, 0.3) is 10.0 Å². The number of rotatable bonds is 7. The minimum absolute atomic E-state index is 0.106. The summed E-state index contributed by atoms with van der Waals surface area (Å²) in [4.78, 5) is 13.1. The van der Waals surface area contributed by atoms with Gasteiger partial charge in [0.15, 0.2) is 0 Å². The third-order valence-corrected chi connectivity index (χ3v) is 10.2. The second-order valence-corrected chi connectivity index (χ2v) is 12.7. The van der Waals surface area contributed by atoms with E-state index in [1.165, 1.54) is 49.7 Å². The van der Waals surface area contributed by atoms with Gasteiger partial charge in [0.2, 0.25) is 5.91 Å². The number of fused-ring (bicyclic) bond motifs is 2. The molecule has 0 unspecified atom stereocenters. The smallest absolute Gasteiger partial charge is 0.265 e. The molecule has 2 bridgehead atoms. The summed E-state index contributed by atoms with van der Waals surface area (Å²) >= 11 is 12.0. The second-order valence-electron chi connectivity index (χ2n) is 9.97. The molecule has 34 heavy (non-hydrogen) atoms. The minimum Gasteiger partial charge on any atom is -0.354 e. The molecule has 0 spiro atoms. The lowest BCUT2D eigenvalue weighted by Crippen LogP contribution is -2.56. The molecule has 2 aromatic carbocycles. The van der Waals surface area contributed by atoms with Crippen LogP contribution in [-0.2, 0) is 14.8 Å². The third-order valence-electron chi connectivity index (χ3n) is 7.79.